The molecule has 7 nitrogen and oxygen atoms in total. The van der Waals surface area contributed by atoms with Gasteiger partial charge in [-0.15, -0.1) is 13.2 Å². The van der Waals surface area contributed by atoms with E-state index in [-0.39, 0.29) is 43.4 Å². The molecule has 0 radical (unpaired) electrons. The fraction of sp³-hybridized carbons (Fsp3) is 0.650. The van der Waals surface area contributed by atoms with Crippen molar-refractivity contribution in [3.8, 4) is 5.75 Å². The van der Waals surface area contributed by atoms with Crippen LogP contribution in [0.4, 0.5) is 13.2 Å². The van der Waals surface area contributed by atoms with Crippen molar-refractivity contribution in [3.63, 3.8) is 0 Å². The van der Waals surface area contributed by atoms with E-state index in [1.165, 1.54) is 18.2 Å². The lowest BCUT2D eigenvalue weighted by Gasteiger charge is -2.20. The van der Waals surface area contributed by atoms with Crippen LogP contribution in [-0.2, 0) is 20.8 Å². The average Bonchev–Trinajstić information content (AvgIpc) is 3.31. The smallest absolute Gasteiger partial charge is 0.405 e. The Morgan fingerprint density at radius 3 is 2.70 bits per heavy atom. The van der Waals surface area contributed by atoms with Gasteiger partial charge < -0.3 is 30.0 Å². The van der Waals surface area contributed by atoms with Crippen LogP contribution in [-0.4, -0.2) is 60.5 Å². The largest absolute Gasteiger partial charge is 0.573 e. The zero-order chi connectivity index (χ0) is 21.3. The molecule has 2 aliphatic heterocycles. The first kappa shape index (κ1) is 21.4. The number of carbonyl (C=O) groups excluding carboxylic acids is 1. The Bertz CT molecular complexity index is 758. The van der Waals surface area contributed by atoms with E-state index >= 15 is 0 Å². The zero-order valence-electron chi connectivity index (χ0n) is 16.2. The third-order valence-electron chi connectivity index (χ3n) is 5.49. The lowest BCUT2D eigenvalue weighted by atomic mass is 10.1. The van der Waals surface area contributed by atoms with Crippen LogP contribution in [0.25, 0.3) is 0 Å². The molecule has 3 fully saturated rings. The second-order valence-electron chi connectivity index (χ2n) is 7.99. The number of fused-ring (bicyclic) bond motifs is 1. The van der Waals surface area contributed by atoms with Gasteiger partial charge in [0.05, 0.1) is 24.7 Å². The van der Waals surface area contributed by atoms with E-state index in [2.05, 4.69) is 15.4 Å². The van der Waals surface area contributed by atoms with E-state index in [0.29, 0.717) is 18.0 Å². The van der Waals surface area contributed by atoms with Gasteiger partial charge in [0.15, 0.2) is 0 Å². The molecule has 30 heavy (non-hydrogen) atoms. The Labute approximate surface area is 171 Å². The monoisotopic (exact) mass is 430 g/mol. The maximum atomic E-state index is 12.5. The second kappa shape index (κ2) is 8.70. The van der Waals surface area contributed by atoms with Crippen molar-refractivity contribution in [1.29, 1.82) is 0 Å². The number of halogens is 3. The standard InChI is InChI=1S/C20H25F3N2O5/c21-20(22,23)30-14-4-2-1-3-11(14)9-24-10-16-18(27)19-15(29-16)7-13(28-19)8-17(26)25-12-5-6-12/h1-4,12-13,15-16,18-19,24,27H,5-10H2,(H,25,26)/t13-,15+,16+,18+,19-/m0/s1. The minimum atomic E-state index is -4.76. The topological polar surface area (TPSA) is 89.1 Å². The molecule has 1 aromatic rings. The number of nitrogens with one attached hydrogen (secondary N) is 2. The second-order valence-corrected chi connectivity index (χ2v) is 7.99. The van der Waals surface area contributed by atoms with Crippen LogP contribution in [0.3, 0.4) is 0 Å². The van der Waals surface area contributed by atoms with E-state index in [0.717, 1.165) is 12.8 Å². The Kier molecular flexibility index (Phi) is 6.19. The molecule has 0 spiro atoms. The highest BCUT2D eigenvalue weighted by Gasteiger charge is 2.50. The number of para-hydroxylation sites is 1. The van der Waals surface area contributed by atoms with E-state index in [9.17, 15) is 23.1 Å². The van der Waals surface area contributed by atoms with Gasteiger partial charge in [-0.2, -0.15) is 0 Å². The van der Waals surface area contributed by atoms with Gasteiger partial charge >= 0.3 is 6.36 Å². The lowest BCUT2D eigenvalue weighted by molar-refractivity contribution is -0.274. The van der Waals surface area contributed by atoms with Gasteiger partial charge in [-0.3, -0.25) is 4.79 Å². The van der Waals surface area contributed by atoms with Crippen molar-refractivity contribution in [2.75, 3.05) is 6.54 Å². The highest BCUT2D eigenvalue weighted by molar-refractivity contribution is 5.77. The number of carbonyl (C=O) groups is 1. The van der Waals surface area contributed by atoms with Crippen molar-refractivity contribution in [2.24, 2.45) is 0 Å². The van der Waals surface area contributed by atoms with Crippen molar-refractivity contribution in [3.05, 3.63) is 29.8 Å². The zero-order valence-corrected chi connectivity index (χ0v) is 16.2. The fourth-order valence-electron chi connectivity index (χ4n) is 3.95. The number of benzene rings is 1. The number of aliphatic hydroxyl groups is 1. The van der Waals surface area contributed by atoms with Gasteiger partial charge in [0.2, 0.25) is 5.91 Å². The van der Waals surface area contributed by atoms with Gasteiger partial charge in [-0.25, -0.2) is 0 Å². The molecule has 1 amide bonds. The van der Waals surface area contributed by atoms with Gasteiger partial charge in [0.25, 0.3) is 0 Å². The summed E-state index contributed by atoms with van der Waals surface area (Å²) in [6, 6.07) is 6.17. The fourth-order valence-corrected chi connectivity index (χ4v) is 3.95. The molecular formula is C20H25F3N2O5. The van der Waals surface area contributed by atoms with Crippen LogP contribution < -0.4 is 15.4 Å². The van der Waals surface area contributed by atoms with Crippen LogP contribution in [0.15, 0.2) is 24.3 Å². The predicted molar refractivity (Wildman–Crippen MR) is 98.6 cm³/mol. The highest BCUT2D eigenvalue weighted by Crippen LogP contribution is 2.35. The number of hydrogen-bond acceptors (Lipinski definition) is 6. The summed E-state index contributed by atoms with van der Waals surface area (Å²) < 4.78 is 53.3. The molecule has 3 N–H and O–H groups in total. The Hall–Kier alpha value is -1.88. The van der Waals surface area contributed by atoms with Gasteiger partial charge in [0.1, 0.15) is 18.0 Å². The van der Waals surface area contributed by atoms with Gasteiger partial charge in [0, 0.05) is 31.1 Å². The molecule has 0 bridgehead atoms. The molecule has 1 aromatic carbocycles. The summed E-state index contributed by atoms with van der Waals surface area (Å²) in [5, 5.41) is 16.4. The molecule has 3 aliphatic rings. The SMILES string of the molecule is O=C(C[C@@H]1C[C@H]2O[C@H](CNCc3ccccc3OC(F)(F)F)[C@@H](O)[C@H]2O1)NC1CC1. The molecule has 10 heteroatoms. The van der Waals surface area contributed by atoms with Crippen LogP contribution in [0, 0.1) is 0 Å². The maximum absolute atomic E-state index is 12.5. The molecule has 4 rings (SSSR count). The summed E-state index contributed by atoms with van der Waals surface area (Å²) in [5.41, 5.74) is 0.348. The molecule has 0 unspecified atom stereocenters. The van der Waals surface area contributed by atoms with Crippen LogP contribution in [0.2, 0.25) is 0 Å². The van der Waals surface area contributed by atoms with Gasteiger partial charge in [-0.1, -0.05) is 18.2 Å². The first-order chi connectivity index (χ1) is 14.3. The summed E-state index contributed by atoms with van der Waals surface area (Å²) in [5.74, 6) is -0.312. The van der Waals surface area contributed by atoms with Crippen molar-refractivity contribution in [2.45, 2.75) is 75.2 Å². The summed E-state index contributed by atoms with van der Waals surface area (Å²) in [6.45, 7) is 0.365. The number of ether oxygens (including phenoxy) is 3. The van der Waals surface area contributed by atoms with E-state index in [1.54, 1.807) is 6.07 Å². The quantitative estimate of drug-likeness (QED) is 0.581. The third kappa shape index (κ3) is 5.42. The van der Waals surface area contributed by atoms with Crippen LogP contribution >= 0.6 is 0 Å². The Morgan fingerprint density at radius 1 is 1.23 bits per heavy atom. The average molecular weight is 430 g/mol. The van der Waals surface area contributed by atoms with Crippen molar-refractivity contribution < 1.29 is 37.3 Å². The summed E-state index contributed by atoms with van der Waals surface area (Å²) in [6.07, 6.45) is -4.45. The minimum Gasteiger partial charge on any atom is -0.405 e. The van der Waals surface area contributed by atoms with Gasteiger partial charge in [-0.05, 0) is 18.9 Å². The summed E-state index contributed by atoms with van der Waals surface area (Å²) in [4.78, 5) is 11.9. The number of aliphatic hydroxyl groups excluding tert-OH is 1. The number of amides is 1. The molecule has 1 saturated carbocycles. The predicted octanol–water partition coefficient (Wildman–Crippen LogP) is 1.63. The third-order valence-corrected chi connectivity index (χ3v) is 5.49. The summed E-state index contributed by atoms with van der Waals surface area (Å²) >= 11 is 0. The van der Waals surface area contributed by atoms with Crippen molar-refractivity contribution in [1.82, 2.24) is 10.6 Å². The molecule has 166 valence electrons. The highest BCUT2D eigenvalue weighted by atomic mass is 19.4. The molecule has 0 aromatic heterocycles. The lowest BCUT2D eigenvalue weighted by Crippen LogP contribution is -2.39. The first-order valence-corrected chi connectivity index (χ1v) is 10.1. The normalized spacial score (nSPS) is 30.9. The summed E-state index contributed by atoms with van der Waals surface area (Å²) in [7, 11) is 0. The minimum absolute atomic E-state index is 0.0464. The maximum Gasteiger partial charge on any atom is 0.573 e. The van der Waals surface area contributed by atoms with Crippen LogP contribution in [0.1, 0.15) is 31.2 Å². The number of rotatable bonds is 8. The Balaban J connectivity index is 1.23. The van der Waals surface area contributed by atoms with E-state index in [1.807, 2.05) is 0 Å². The first-order valence-electron chi connectivity index (χ1n) is 10.1. The van der Waals surface area contributed by atoms with E-state index < -0.39 is 24.7 Å². The van der Waals surface area contributed by atoms with Crippen LogP contribution in [0.5, 0.6) is 5.75 Å². The Morgan fingerprint density at radius 2 is 2.00 bits per heavy atom. The molecule has 2 heterocycles. The molecular weight excluding hydrogens is 405 g/mol. The molecule has 1 aliphatic carbocycles. The van der Waals surface area contributed by atoms with Crippen molar-refractivity contribution >= 4 is 5.91 Å². The number of alkyl halides is 3. The molecule has 2 saturated heterocycles. The number of hydrogen-bond donors (Lipinski definition) is 3. The molecule has 5 atom stereocenters. The van der Waals surface area contributed by atoms with E-state index in [4.69, 9.17) is 9.47 Å².